The first-order valence-electron chi connectivity index (χ1n) is 9.41. The molecule has 0 spiro atoms. The number of aryl methyl sites for hydroxylation is 2. The number of nitrogens with zero attached hydrogens (tertiary/aromatic N) is 2. The molecule has 0 saturated heterocycles. The third kappa shape index (κ3) is 2.65. The van der Waals surface area contributed by atoms with Crippen LogP contribution in [0.3, 0.4) is 0 Å². The Bertz CT molecular complexity index is 1170. The maximum Gasteiger partial charge on any atom is 0.115 e. The highest BCUT2D eigenvalue weighted by molar-refractivity contribution is 5.80. The van der Waals surface area contributed by atoms with Gasteiger partial charge in [0.1, 0.15) is 11.5 Å². The zero-order valence-corrected chi connectivity index (χ0v) is 15.6. The van der Waals surface area contributed by atoms with E-state index in [2.05, 4.69) is 31.2 Å². The summed E-state index contributed by atoms with van der Waals surface area (Å²) in [4.78, 5) is 0. The van der Waals surface area contributed by atoms with Crippen LogP contribution in [0.15, 0.2) is 66.7 Å². The predicted molar refractivity (Wildman–Crippen MR) is 110 cm³/mol. The molecule has 3 aromatic carbocycles. The molecule has 2 N–H and O–H groups in total. The smallest absolute Gasteiger partial charge is 0.115 e. The van der Waals surface area contributed by atoms with E-state index in [1.807, 2.05) is 28.9 Å². The van der Waals surface area contributed by atoms with Crippen LogP contribution in [0, 0.1) is 6.92 Å². The largest absolute Gasteiger partial charge is 0.508 e. The van der Waals surface area contributed by atoms with Crippen molar-refractivity contribution in [3.05, 3.63) is 83.4 Å². The average molecular weight is 368 g/mol. The average Bonchev–Trinajstić information content (AvgIpc) is 3.09. The maximum absolute atomic E-state index is 9.92. The first kappa shape index (κ1) is 16.6. The van der Waals surface area contributed by atoms with Crippen LogP contribution in [-0.4, -0.2) is 20.0 Å². The molecule has 28 heavy (non-hydrogen) atoms. The second kappa shape index (κ2) is 6.27. The van der Waals surface area contributed by atoms with Gasteiger partial charge in [0.25, 0.3) is 0 Å². The van der Waals surface area contributed by atoms with Gasteiger partial charge >= 0.3 is 0 Å². The van der Waals surface area contributed by atoms with E-state index in [0.29, 0.717) is 5.75 Å². The third-order valence-electron chi connectivity index (χ3n) is 5.39. The molecule has 4 nitrogen and oxygen atoms in total. The minimum Gasteiger partial charge on any atom is -0.508 e. The molecule has 0 saturated carbocycles. The molecule has 0 bridgehead atoms. The van der Waals surface area contributed by atoms with Gasteiger partial charge in [-0.1, -0.05) is 17.7 Å². The van der Waals surface area contributed by atoms with E-state index in [1.54, 1.807) is 18.2 Å². The van der Waals surface area contributed by atoms with Crippen molar-refractivity contribution < 1.29 is 10.2 Å². The van der Waals surface area contributed by atoms with Crippen molar-refractivity contribution in [1.82, 2.24) is 9.78 Å². The van der Waals surface area contributed by atoms with Crippen LogP contribution in [0.25, 0.3) is 28.2 Å². The molecule has 1 heterocycles. The molecule has 0 unspecified atom stereocenters. The van der Waals surface area contributed by atoms with E-state index in [1.165, 1.54) is 11.1 Å². The van der Waals surface area contributed by atoms with Crippen molar-refractivity contribution in [3.8, 4) is 39.7 Å². The van der Waals surface area contributed by atoms with Crippen molar-refractivity contribution in [3.63, 3.8) is 0 Å². The van der Waals surface area contributed by atoms with E-state index in [4.69, 9.17) is 5.10 Å². The number of fused-ring (bicyclic) bond motifs is 3. The van der Waals surface area contributed by atoms with Crippen molar-refractivity contribution >= 4 is 0 Å². The first-order valence-corrected chi connectivity index (χ1v) is 9.41. The fourth-order valence-electron chi connectivity index (χ4n) is 3.97. The quantitative estimate of drug-likeness (QED) is 0.522. The summed E-state index contributed by atoms with van der Waals surface area (Å²) in [7, 11) is 0. The van der Waals surface area contributed by atoms with Gasteiger partial charge in [0.15, 0.2) is 0 Å². The summed E-state index contributed by atoms with van der Waals surface area (Å²) < 4.78 is 2.01. The van der Waals surface area contributed by atoms with Gasteiger partial charge in [-0.15, -0.1) is 0 Å². The fraction of sp³-hybridized carbons (Fsp3) is 0.125. The Kier molecular flexibility index (Phi) is 3.72. The summed E-state index contributed by atoms with van der Waals surface area (Å²) >= 11 is 0. The van der Waals surface area contributed by atoms with Gasteiger partial charge in [-0.25, -0.2) is 4.68 Å². The zero-order chi connectivity index (χ0) is 19.3. The molecule has 4 heteroatoms. The highest BCUT2D eigenvalue weighted by atomic mass is 16.3. The lowest BCUT2D eigenvalue weighted by atomic mass is 9.87. The molecular weight excluding hydrogens is 348 g/mol. The summed E-state index contributed by atoms with van der Waals surface area (Å²) in [5, 5.41) is 24.6. The van der Waals surface area contributed by atoms with Crippen LogP contribution in [0.2, 0.25) is 0 Å². The molecule has 0 amide bonds. The minimum absolute atomic E-state index is 0.247. The summed E-state index contributed by atoms with van der Waals surface area (Å²) in [6, 6.07) is 21.1. The summed E-state index contributed by atoms with van der Waals surface area (Å²) in [5.41, 5.74) is 8.66. The number of aromatic nitrogens is 2. The number of phenolic OH excluding ortho intramolecular Hbond substituents is 2. The van der Waals surface area contributed by atoms with Gasteiger partial charge in [-0.2, -0.15) is 5.10 Å². The molecular formula is C24H20N2O2. The molecule has 138 valence electrons. The van der Waals surface area contributed by atoms with Crippen molar-refractivity contribution in [2.75, 3.05) is 0 Å². The zero-order valence-electron chi connectivity index (χ0n) is 15.6. The van der Waals surface area contributed by atoms with Gasteiger partial charge < -0.3 is 10.2 Å². The van der Waals surface area contributed by atoms with Crippen LogP contribution in [0.5, 0.6) is 11.5 Å². The third-order valence-corrected chi connectivity index (χ3v) is 5.39. The standard InChI is InChI=1S/C24H20N2O2/c1-15-2-7-18(8-3-15)26-24-21-13-11-20(28)14-17(21)6-12-22(24)23(25-26)16-4-9-19(27)10-5-16/h2-5,7-11,13-14,27-28H,6,12H2,1H3. The van der Waals surface area contributed by atoms with E-state index in [-0.39, 0.29) is 5.75 Å². The predicted octanol–water partition coefficient (Wildman–Crippen LogP) is 5.02. The van der Waals surface area contributed by atoms with Crippen LogP contribution >= 0.6 is 0 Å². The lowest BCUT2D eigenvalue weighted by Crippen LogP contribution is -2.07. The van der Waals surface area contributed by atoms with E-state index < -0.39 is 0 Å². The second-order valence-electron chi connectivity index (χ2n) is 7.31. The summed E-state index contributed by atoms with van der Waals surface area (Å²) in [5.74, 6) is 0.541. The van der Waals surface area contributed by atoms with Crippen LogP contribution < -0.4 is 0 Å². The molecule has 4 aromatic rings. The summed E-state index contributed by atoms with van der Waals surface area (Å²) in [6.07, 6.45) is 1.72. The van der Waals surface area contributed by atoms with Gasteiger partial charge in [0, 0.05) is 16.7 Å². The fourth-order valence-corrected chi connectivity index (χ4v) is 3.97. The lowest BCUT2D eigenvalue weighted by Gasteiger charge is -2.19. The highest BCUT2D eigenvalue weighted by Crippen LogP contribution is 2.41. The van der Waals surface area contributed by atoms with Crippen molar-refractivity contribution in [2.45, 2.75) is 19.8 Å². The molecule has 1 aliphatic carbocycles. The second-order valence-corrected chi connectivity index (χ2v) is 7.31. The highest BCUT2D eigenvalue weighted by Gasteiger charge is 2.26. The van der Waals surface area contributed by atoms with E-state index >= 15 is 0 Å². The van der Waals surface area contributed by atoms with Gasteiger partial charge in [0.05, 0.1) is 17.1 Å². The van der Waals surface area contributed by atoms with Crippen LogP contribution in [0.1, 0.15) is 16.7 Å². The Morgan fingerprint density at radius 2 is 1.54 bits per heavy atom. The Morgan fingerprint density at radius 3 is 2.29 bits per heavy atom. The van der Waals surface area contributed by atoms with Crippen LogP contribution in [-0.2, 0) is 12.8 Å². The number of benzene rings is 3. The number of aromatic hydroxyl groups is 2. The minimum atomic E-state index is 0.247. The Morgan fingerprint density at radius 1 is 0.821 bits per heavy atom. The molecule has 0 aliphatic heterocycles. The number of hydrogen-bond acceptors (Lipinski definition) is 3. The number of hydrogen-bond donors (Lipinski definition) is 2. The monoisotopic (exact) mass is 368 g/mol. The maximum atomic E-state index is 9.92. The van der Waals surface area contributed by atoms with Gasteiger partial charge in [0.2, 0.25) is 0 Å². The molecule has 0 radical (unpaired) electrons. The molecule has 0 fully saturated rings. The normalized spacial score (nSPS) is 12.5. The van der Waals surface area contributed by atoms with E-state index in [0.717, 1.165) is 46.6 Å². The van der Waals surface area contributed by atoms with Gasteiger partial charge in [-0.05, 0) is 79.9 Å². The van der Waals surface area contributed by atoms with Crippen molar-refractivity contribution in [1.29, 1.82) is 0 Å². The first-order chi connectivity index (χ1) is 13.6. The Hall–Kier alpha value is -3.53. The number of rotatable bonds is 2. The SMILES string of the molecule is Cc1ccc(-n2nc(-c3ccc(O)cc3)c3c2-c2ccc(O)cc2CC3)cc1. The molecule has 1 aliphatic rings. The molecule has 0 atom stereocenters. The van der Waals surface area contributed by atoms with Crippen LogP contribution in [0.4, 0.5) is 0 Å². The van der Waals surface area contributed by atoms with Crippen molar-refractivity contribution in [2.24, 2.45) is 0 Å². The molecule has 1 aromatic heterocycles. The summed E-state index contributed by atoms with van der Waals surface area (Å²) in [6.45, 7) is 2.07. The lowest BCUT2D eigenvalue weighted by molar-refractivity contribution is 0.474. The van der Waals surface area contributed by atoms with E-state index in [9.17, 15) is 10.2 Å². The van der Waals surface area contributed by atoms with Gasteiger partial charge in [-0.3, -0.25) is 0 Å². The topological polar surface area (TPSA) is 58.3 Å². The Balaban J connectivity index is 1.78. The number of phenols is 2. The Labute approximate surface area is 163 Å². The molecule has 5 rings (SSSR count).